The van der Waals surface area contributed by atoms with Crippen molar-refractivity contribution < 1.29 is 19.1 Å². The Morgan fingerprint density at radius 1 is 1.17 bits per heavy atom. The van der Waals surface area contributed by atoms with Crippen LogP contribution in [0, 0.1) is 6.92 Å². The van der Waals surface area contributed by atoms with E-state index in [-0.39, 0.29) is 10.7 Å². The van der Waals surface area contributed by atoms with Crippen LogP contribution in [0.15, 0.2) is 18.6 Å². The molecule has 24 heavy (non-hydrogen) atoms. The first-order chi connectivity index (χ1) is 11.5. The summed E-state index contributed by atoms with van der Waals surface area (Å²) in [6, 6.07) is 0. The van der Waals surface area contributed by atoms with Gasteiger partial charge in [0.05, 0.1) is 26.0 Å². The van der Waals surface area contributed by atoms with Gasteiger partial charge in [-0.25, -0.2) is 14.6 Å². The lowest BCUT2D eigenvalue weighted by Gasteiger charge is -2.09. The average Bonchev–Trinajstić information content (AvgIpc) is 2.90. The SMILES string of the molecule is COC(=O)c1sc(NC(=S)Nc2cnccn2)c(C(=O)OC)c1C. The van der Waals surface area contributed by atoms with E-state index in [1.807, 2.05) is 0 Å². The second kappa shape index (κ2) is 7.79. The Morgan fingerprint density at radius 2 is 1.88 bits per heavy atom. The first-order valence-corrected chi connectivity index (χ1v) is 7.84. The van der Waals surface area contributed by atoms with E-state index in [0.717, 1.165) is 11.3 Å². The fourth-order valence-electron chi connectivity index (χ4n) is 1.85. The van der Waals surface area contributed by atoms with Gasteiger partial charge in [-0.05, 0) is 24.7 Å². The molecule has 0 aliphatic carbocycles. The van der Waals surface area contributed by atoms with Crippen LogP contribution in [0.5, 0.6) is 0 Å². The number of methoxy groups -OCH3 is 2. The van der Waals surface area contributed by atoms with Crippen molar-refractivity contribution in [2.24, 2.45) is 0 Å². The average molecular weight is 366 g/mol. The minimum Gasteiger partial charge on any atom is -0.465 e. The standard InChI is InChI=1S/C14H14N4O4S2/c1-7-9(12(19)21-2)11(24-10(7)13(20)22-3)18-14(23)17-8-6-15-4-5-16-8/h4-6H,1-3H3,(H2,16,17,18,23). The minimum atomic E-state index is -0.580. The number of nitrogens with one attached hydrogen (secondary N) is 2. The van der Waals surface area contributed by atoms with Crippen molar-refractivity contribution in [2.45, 2.75) is 6.92 Å². The topological polar surface area (TPSA) is 102 Å². The molecule has 2 N–H and O–H groups in total. The third kappa shape index (κ3) is 3.84. The summed E-state index contributed by atoms with van der Waals surface area (Å²) in [5.41, 5.74) is 0.690. The number of ether oxygens (including phenoxy) is 2. The Morgan fingerprint density at radius 3 is 2.46 bits per heavy atom. The van der Waals surface area contributed by atoms with Crippen LogP contribution in [0.4, 0.5) is 10.8 Å². The quantitative estimate of drug-likeness (QED) is 0.623. The second-order valence-electron chi connectivity index (χ2n) is 4.41. The highest BCUT2D eigenvalue weighted by atomic mass is 32.1. The molecule has 8 nitrogen and oxygen atoms in total. The van der Waals surface area contributed by atoms with Crippen molar-refractivity contribution in [3.63, 3.8) is 0 Å². The van der Waals surface area contributed by atoms with Gasteiger partial charge < -0.3 is 20.1 Å². The highest BCUT2D eigenvalue weighted by Crippen LogP contribution is 2.34. The highest BCUT2D eigenvalue weighted by Gasteiger charge is 2.26. The molecule has 0 aliphatic heterocycles. The number of hydrogen-bond donors (Lipinski definition) is 2. The summed E-state index contributed by atoms with van der Waals surface area (Å²) < 4.78 is 9.50. The highest BCUT2D eigenvalue weighted by molar-refractivity contribution is 7.80. The van der Waals surface area contributed by atoms with E-state index in [1.165, 1.54) is 32.8 Å². The maximum Gasteiger partial charge on any atom is 0.348 e. The summed E-state index contributed by atoms with van der Waals surface area (Å²) in [7, 11) is 2.53. The molecule has 0 aliphatic rings. The first-order valence-electron chi connectivity index (χ1n) is 6.62. The number of anilines is 2. The molecule has 0 radical (unpaired) electrons. The lowest BCUT2D eigenvalue weighted by atomic mass is 10.1. The molecule has 0 spiro atoms. The van der Waals surface area contributed by atoms with Crippen molar-refractivity contribution >= 4 is 51.4 Å². The van der Waals surface area contributed by atoms with Gasteiger partial charge in [-0.15, -0.1) is 11.3 Å². The number of carbonyl (C=O) groups excluding carboxylic acids is 2. The van der Waals surface area contributed by atoms with E-state index in [4.69, 9.17) is 21.7 Å². The molecule has 2 aromatic heterocycles. The lowest BCUT2D eigenvalue weighted by molar-refractivity contribution is 0.0601. The van der Waals surface area contributed by atoms with E-state index in [9.17, 15) is 9.59 Å². The summed E-state index contributed by atoms with van der Waals surface area (Å²) >= 11 is 6.25. The number of thiocarbonyl (C=S) groups is 1. The van der Waals surface area contributed by atoms with Crippen LogP contribution in [0.25, 0.3) is 0 Å². The van der Waals surface area contributed by atoms with Gasteiger partial charge in [-0.3, -0.25) is 4.98 Å². The van der Waals surface area contributed by atoms with Crippen LogP contribution in [-0.2, 0) is 9.47 Å². The molecule has 126 valence electrons. The van der Waals surface area contributed by atoms with Gasteiger partial charge in [0, 0.05) is 12.4 Å². The van der Waals surface area contributed by atoms with E-state index in [0.29, 0.717) is 21.3 Å². The van der Waals surface area contributed by atoms with Gasteiger partial charge in [0.1, 0.15) is 9.88 Å². The molecular weight excluding hydrogens is 352 g/mol. The Kier molecular flexibility index (Phi) is 5.77. The molecule has 0 amide bonds. The maximum absolute atomic E-state index is 12.0. The third-order valence-electron chi connectivity index (χ3n) is 2.94. The maximum atomic E-state index is 12.0. The zero-order valence-electron chi connectivity index (χ0n) is 13.1. The Balaban J connectivity index is 2.29. The van der Waals surface area contributed by atoms with Crippen LogP contribution >= 0.6 is 23.6 Å². The number of nitrogens with zero attached hydrogens (tertiary/aromatic N) is 2. The number of rotatable bonds is 4. The second-order valence-corrected chi connectivity index (χ2v) is 5.84. The largest absolute Gasteiger partial charge is 0.465 e. The molecule has 0 saturated carbocycles. The molecule has 0 fully saturated rings. The van der Waals surface area contributed by atoms with Gasteiger partial charge in [-0.2, -0.15) is 0 Å². The number of thiophene rings is 1. The first kappa shape index (κ1) is 17.8. The fourth-order valence-corrected chi connectivity index (χ4v) is 3.24. The predicted octanol–water partition coefficient (Wildman–Crippen LogP) is 2.23. The zero-order chi connectivity index (χ0) is 17.7. The van der Waals surface area contributed by atoms with E-state index >= 15 is 0 Å². The summed E-state index contributed by atoms with van der Waals surface area (Å²) in [6.45, 7) is 1.64. The Labute approximate surface area is 147 Å². The molecule has 0 bridgehead atoms. The monoisotopic (exact) mass is 366 g/mol. The molecular formula is C14H14N4O4S2. The van der Waals surface area contributed by atoms with Crippen molar-refractivity contribution in [2.75, 3.05) is 24.9 Å². The summed E-state index contributed by atoms with van der Waals surface area (Å²) in [5.74, 6) is -0.678. The molecule has 2 aromatic rings. The van der Waals surface area contributed by atoms with Crippen molar-refractivity contribution in [1.29, 1.82) is 0 Å². The molecule has 0 atom stereocenters. The number of carbonyl (C=O) groups is 2. The number of hydrogen-bond acceptors (Lipinski definition) is 8. The summed E-state index contributed by atoms with van der Waals surface area (Å²) in [4.78, 5) is 32.1. The van der Waals surface area contributed by atoms with Crippen LogP contribution < -0.4 is 10.6 Å². The molecule has 0 saturated heterocycles. The third-order valence-corrected chi connectivity index (χ3v) is 4.33. The number of esters is 2. The summed E-state index contributed by atoms with van der Waals surface area (Å²) in [6.07, 6.45) is 4.53. The van der Waals surface area contributed by atoms with Crippen LogP contribution in [0.2, 0.25) is 0 Å². The van der Waals surface area contributed by atoms with Crippen LogP contribution in [0.1, 0.15) is 25.6 Å². The van der Waals surface area contributed by atoms with Crippen molar-refractivity contribution in [1.82, 2.24) is 9.97 Å². The smallest absolute Gasteiger partial charge is 0.348 e. The predicted molar refractivity (Wildman–Crippen MR) is 93.6 cm³/mol. The van der Waals surface area contributed by atoms with Gasteiger partial charge in [-0.1, -0.05) is 0 Å². The molecule has 0 aromatic carbocycles. The van der Waals surface area contributed by atoms with Gasteiger partial charge >= 0.3 is 11.9 Å². The molecule has 10 heteroatoms. The fraction of sp³-hybridized carbons (Fsp3) is 0.214. The lowest BCUT2D eigenvalue weighted by Crippen LogP contribution is -2.20. The molecule has 0 unspecified atom stereocenters. The normalized spacial score (nSPS) is 9.96. The van der Waals surface area contributed by atoms with E-state index in [1.54, 1.807) is 6.92 Å². The van der Waals surface area contributed by atoms with Gasteiger partial charge in [0.15, 0.2) is 10.9 Å². The minimum absolute atomic E-state index is 0.193. The van der Waals surface area contributed by atoms with Crippen LogP contribution in [0.3, 0.4) is 0 Å². The Bertz CT molecular complexity index is 777. The zero-order valence-corrected chi connectivity index (χ0v) is 14.7. The van der Waals surface area contributed by atoms with E-state index < -0.39 is 11.9 Å². The van der Waals surface area contributed by atoms with Gasteiger partial charge in [0.2, 0.25) is 0 Å². The van der Waals surface area contributed by atoms with Crippen molar-refractivity contribution in [3.8, 4) is 0 Å². The van der Waals surface area contributed by atoms with Crippen LogP contribution in [-0.4, -0.2) is 41.2 Å². The molecule has 2 rings (SSSR count). The summed E-state index contributed by atoms with van der Waals surface area (Å²) in [5, 5.41) is 6.28. The van der Waals surface area contributed by atoms with Crippen molar-refractivity contribution in [3.05, 3.63) is 34.6 Å². The Hall–Kier alpha value is -2.59. The van der Waals surface area contributed by atoms with Gasteiger partial charge in [0.25, 0.3) is 0 Å². The van der Waals surface area contributed by atoms with E-state index in [2.05, 4.69) is 20.6 Å². The number of aromatic nitrogens is 2. The molecule has 2 heterocycles.